The van der Waals surface area contributed by atoms with E-state index >= 15 is 0 Å². The largest absolute Gasteiger partial charge is 0.352 e. The highest BCUT2D eigenvalue weighted by Gasteiger charge is 2.21. The van der Waals surface area contributed by atoms with Crippen LogP contribution in [0.2, 0.25) is 0 Å². The van der Waals surface area contributed by atoms with Crippen LogP contribution in [0.5, 0.6) is 0 Å². The molecule has 1 fully saturated rings. The monoisotopic (exact) mass is 356 g/mol. The summed E-state index contributed by atoms with van der Waals surface area (Å²) < 4.78 is 0. The van der Waals surface area contributed by atoms with E-state index in [1.54, 1.807) is 0 Å². The lowest BCUT2D eigenvalue weighted by atomic mass is 10.00. The molecule has 2 aliphatic heterocycles. The Bertz CT molecular complexity index is 932. The van der Waals surface area contributed by atoms with Crippen LogP contribution in [0.3, 0.4) is 0 Å². The Balaban J connectivity index is 1.54. The molecule has 136 valence electrons. The van der Waals surface area contributed by atoms with Crippen molar-refractivity contribution in [2.75, 3.05) is 29.4 Å². The van der Waals surface area contributed by atoms with E-state index in [4.69, 9.17) is 9.97 Å². The minimum atomic E-state index is 0.878. The van der Waals surface area contributed by atoms with E-state index < -0.39 is 0 Å². The highest BCUT2D eigenvalue weighted by molar-refractivity contribution is 5.65. The summed E-state index contributed by atoms with van der Waals surface area (Å²) in [5.74, 6) is 1.92. The van der Waals surface area contributed by atoms with Crippen molar-refractivity contribution in [1.29, 1.82) is 0 Å². The summed E-state index contributed by atoms with van der Waals surface area (Å²) in [6, 6.07) is 21.4. The van der Waals surface area contributed by atoms with Crippen molar-refractivity contribution in [2.24, 2.45) is 0 Å². The van der Waals surface area contributed by atoms with Gasteiger partial charge in [-0.1, -0.05) is 54.6 Å². The molecular formula is C23H24N4. The van der Waals surface area contributed by atoms with Gasteiger partial charge in [0.2, 0.25) is 5.95 Å². The van der Waals surface area contributed by atoms with Crippen LogP contribution in [0.1, 0.15) is 24.0 Å². The fourth-order valence-electron chi connectivity index (χ4n) is 4.09. The molecule has 0 amide bonds. The Morgan fingerprint density at radius 1 is 0.704 bits per heavy atom. The molecule has 0 unspecified atom stereocenters. The van der Waals surface area contributed by atoms with Crippen molar-refractivity contribution in [1.82, 2.24) is 9.97 Å². The number of anilines is 2. The number of aromatic nitrogens is 2. The third kappa shape index (κ3) is 3.27. The average molecular weight is 356 g/mol. The van der Waals surface area contributed by atoms with E-state index in [1.807, 2.05) is 0 Å². The van der Waals surface area contributed by atoms with Gasteiger partial charge in [0.1, 0.15) is 5.82 Å². The van der Waals surface area contributed by atoms with Crippen LogP contribution in [-0.2, 0) is 13.0 Å². The van der Waals surface area contributed by atoms with E-state index in [2.05, 4.69) is 70.5 Å². The maximum Gasteiger partial charge on any atom is 0.227 e. The van der Waals surface area contributed by atoms with Crippen molar-refractivity contribution in [3.8, 4) is 11.3 Å². The Morgan fingerprint density at radius 3 is 2.26 bits per heavy atom. The molecule has 27 heavy (non-hydrogen) atoms. The summed E-state index contributed by atoms with van der Waals surface area (Å²) in [5, 5.41) is 0. The maximum atomic E-state index is 4.98. The molecule has 1 saturated heterocycles. The number of nitrogens with zero attached hydrogens (tertiary/aromatic N) is 4. The second-order valence-electron chi connectivity index (χ2n) is 7.41. The van der Waals surface area contributed by atoms with Crippen molar-refractivity contribution >= 4 is 11.8 Å². The second kappa shape index (κ2) is 7.03. The first-order chi connectivity index (χ1) is 13.4. The Labute approximate surface area is 160 Å². The molecular weight excluding hydrogens is 332 g/mol. The maximum absolute atomic E-state index is 4.98. The SMILES string of the molecule is c1ccc(-c2cc(N3CCc4ccccc4C3)nc(N3CCCC3)n2)cc1. The zero-order chi connectivity index (χ0) is 18.1. The molecule has 0 saturated carbocycles. The molecule has 5 rings (SSSR count). The minimum Gasteiger partial charge on any atom is -0.352 e. The van der Waals surface area contributed by atoms with Gasteiger partial charge in [0.25, 0.3) is 0 Å². The summed E-state index contributed by atoms with van der Waals surface area (Å²) in [6.07, 6.45) is 3.52. The molecule has 1 aromatic heterocycles. The molecule has 4 heteroatoms. The van der Waals surface area contributed by atoms with Crippen LogP contribution >= 0.6 is 0 Å². The van der Waals surface area contributed by atoms with Gasteiger partial charge < -0.3 is 9.80 Å². The summed E-state index contributed by atoms with van der Waals surface area (Å²) >= 11 is 0. The Hall–Kier alpha value is -2.88. The molecule has 3 aromatic rings. The molecule has 0 radical (unpaired) electrons. The van der Waals surface area contributed by atoms with Gasteiger partial charge in [-0.25, -0.2) is 4.98 Å². The summed E-state index contributed by atoms with van der Waals surface area (Å²) in [7, 11) is 0. The van der Waals surface area contributed by atoms with Gasteiger partial charge in [-0.3, -0.25) is 0 Å². The van der Waals surface area contributed by atoms with Crippen molar-refractivity contribution in [2.45, 2.75) is 25.8 Å². The molecule has 0 bridgehead atoms. The summed E-state index contributed by atoms with van der Waals surface area (Å²) in [5.41, 5.74) is 5.04. The van der Waals surface area contributed by atoms with Gasteiger partial charge >= 0.3 is 0 Å². The van der Waals surface area contributed by atoms with Crippen molar-refractivity contribution < 1.29 is 0 Å². The van der Waals surface area contributed by atoms with E-state index in [1.165, 1.54) is 24.0 Å². The van der Waals surface area contributed by atoms with Crippen LogP contribution in [0.15, 0.2) is 60.7 Å². The third-order valence-corrected chi connectivity index (χ3v) is 5.61. The van der Waals surface area contributed by atoms with Gasteiger partial charge in [-0.2, -0.15) is 4.98 Å². The number of fused-ring (bicyclic) bond motifs is 1. The predicted molar refractivity (Wildman–Crippen MR) is 110 cm³/mol. The average Bonchev–Trinajstić information content (AvgIpc) is 3.29. The molecule has 4 nitrogen and oxygen atoms in total. The van der Waals surface area contributed by atoms with Gasteiger partial charge in [0, 0.05) is 37.8 Å². The van der Waals surface area contributed by atoms with E-state index in [9.17, 15) is 0 Å². The van der Waals surface area contributed by atoms with Crippen molar-refractivity contribution in [3.63, 3.8) is 0 Å². The quantitative estimate of drug-likeness (QED) is 0.700. The topological polar surface area (TPSA) is 32.3 Å². The van der Waals surface area contributed by atoms with Crippen LogP contribution in [0.25, 0.3) is 11.3 Å². The second-order valence-corrected chi connectivity index (χ2v) is 7.41. The number of hydrogen-bond donors (Lipinski definition) is 0. The molecule has 0 atom stereocenters. The predicted octanol–water partition coefficient (Wildman–Crippen LogP) is 4.31. The highest BCUT2D eigenvalue weighted by Crippen LogP contribution is 2.29. The standard InChI is InChI=1S/C23H24N4/c1-2-9-19(10-3-1)21-16-22(25-23(24-21)26-13-6-7-14-26)27-15-12-18-8-4-5-11-20(18)17-27/h1-5,8-11,16H,6-7,12-15,17H2. The van der Waals surface area contributed by atoms with E-state index in [-0.39, 0.29) is 0 Å². The first kappa shape index (κ1) is 16.3. The molecule has 0 N–H and O–H groups in total. The highest BCUT2D eigenvalue weighted by atomic mass is 15.3. The molecule has 0 spiro atoms. The summed E-state index contributed by atoms with van der Waals surface area (Å²) in [4.78, 5) is 14.6. The molecule has 0 aliphatic carbocycles. The Kier molecular flexibility index (Phi) is 4.24. The third-order valence-electron chi connectivity index (χ3n) is 5.61. The number of rotatable bonds is 3. The van der Waals surface area contributed by atoms with Crippen LogP contribution in [-0.4, -0.2) is 29.6 Å². The fraction of sp³-hybridized carbons (Fsp3) is 0.304. The normalized spacial score (nSPS) is 16.4. The lowest BCUT2D eigenvalue weighted by Crippen LogP contribution is -2.32. The molecule has 2 aliphatic rings. The molecule has 3 heterocycles. The first-order valence-electron chi connectivity index (χ1n) is 9.88. The smallest absolute Gasteiger partial charge is 0.227 e. The number of hydrogen-bond acceptors (Lipinski definition) is 4. The Morgan fingerprint density at radius 2 is 1.44 bits per heavy atom. The zero-order valence-corrected chi connectivity index (χ0v) is 15.5. The zero-order valence-electron chi connectivity index (χ0n) is 15.5. The number of benzene rings is 2. The van der Waals surface area contributed by atoms with Crippen LogP contribution in [0.4, 0.5) is 11.8 Å². The lowest BCUT2D eigenvalue weighted by Gasteiger charge is -2.30. The van der Waals surface area contributed by atoms with Gasteiger partial charge in [0.05, 0.1) is 5.69 Å². The van der Waals surface area contributed by atoms with Crippen molar-refractivity contribution in [3.05, 3.63) is 71.8 Å². The van der Waals surface area contributed by atoms with Gasteiger partial charge in [-0.05, 0) is 30.4 Å². The van der Waals surface area contributed by atoms with Gasteiger partial charge in [-0.15, -0.1) is 0 Å². The lowest BCUT2D eigenvalue weighted by molar-refractivity contribution is 0.717. The summed E-state index contributed by atoms with van der Waals surface area (Å²) in [6.45, 7) is 4.03. The fourth-order valence-corrected chi connectivity index (χ4v) is 4.09. The van der Waals surface area contributed by atoms with E-state index in [0.717, 1.165) is 55.6 Å². The molecule has 2 aromatic carbocycles. The minimum absolute atomic E-state index is 0.878. The van der Waals surface area contributed by atoms with Gasteiger partial charge in [0.15, 0.2) is 0 Å². The van der Waals surface area contributed by atoms with Crippen LogP contribution < -0.4 is 9.80 Å². The first-order valence-corrected chi connectivity index (χ1v) is 9.88. The van der Waals surface area contributed by atoms with Crippen LogP contribution in [0, 0.1) is 0 Å². The van der Waals surface area contributed by atoms with E-state index in [0.29, 0.717) is 0 Å².